The Kier molecular flexibility index (Phi) is 3.84. The van der Waals surface area contributed by atoms with Crippen LogP contribution in [-0.4, -0.2) is 40.2 Å². The summed E-state index contributed by atoms with van der Waals surface area (Å²) in [6, 6.07) is 0.429. The van der Waals surface area contributed by atoms with Gasteiger partial charge in [-0.1, -0.05) is 0 Å². The van der Waals surface area contributed by atoms with E-state index in [2.05, 4.69) is 15.2 Å². The third kappa shape index (κ3) is 3.02. The average molecular weight is 293 g/mol. The van der Waals surface area contributed by atoms with Crippen molar-refractivity contribution in [2.75, 3.05) is 24.5 Å². The van der Waals surface area contributed by atoms with Crippen LogP contribution >= 0.6 is 0 Å². The first-order valence-corrected chi connectivity index (χ1v) is 7.72. The molecule has 0 aromatic carbocycles. The predicted molar refractivity (Wildman–Crippen MR) is 80.6 cm³/mol. The minimum absolute atomic E-state index is 0.00588. The summed E-state index contributed by atoms with van der Waals surface area (Å²) in [6.45, 7) is 4.60. The van der Waals surface area contributed by atoms with E-state index in [0.29, 0.717) is 23.6 Å². The number of nitrogens with one attached hydrogen (secondary N) is 1. The molecule has 2 heterocycles. The van der Waals surface area contributed by atoms with Gasteiger partial charge in [-0.3, -0.25) is 4.57 Å². The average Bonchev–Trinajstić information content (AvgIpc) is 3.00. The molecule has 7 nitrogen and oxygen atoms in total. The molecule has 21 heavy (non-hydrogen) atoms. The molecule has 2 aliphatic rings. The number of hydrogen-bond acceptors (Lipinski definition) is 5. The molecule has 1 aliphatic carbocycles. The number of nitro groups is 1. The molecule has 1 aliphatic heterocycles. The summed E-state index contributed by atoms with van der Waals surface area (Å²) in [4.78, 5) is 17.3. The smallest absolute Gasteiger partial charge is 0.358 e. The monoisotopic (exact) mass is 293 g/mol. The summed E-state index contributed by atoms with van der Waals surface area (Å²) in [5.41, 5.74) is 0. The van der Waals surface area contributed by atoms with Crippen molar-refractivity contribution in [2.24, 2.45) is 13.0 Å². The van der Waals surface area contributed by atoms with Crippen LogP contribution in [0.15, 0.2) is 0 Å². The summed E-state index contributed by atoms with van der Waals surface area (Å²) in [6.07, 6.45) is 4.80. The van der Waals surface area contributed by atoms with Crippen molar-refractivity contribution in [1.29, 1.82) is 0 Å². The van der Waals surface area contributed by atoms with Gasteiger partial charge in [-0.25, -0.2) is 0 Å². The minimum atomic E-state index is -0.357. The first-order valence-electron chi connectivity index (χ1n) is 7.72. The third-order valence-electron chi connectivity index (χ3n) is 4.52. The lowest BCUT2D eigenvalue weighted by molar-refractivity contribution is -0.388. The molecule has 7 heteroatoms. The second-order valence-corrected chi connectivity index (χ2v) is 6.26. The SMILES string of the molecule is Cc1nc([N+](=O)[O-])c(N(CC2CC2)CC2CCCN2)n1C. The Bertz CT molecular complexity index is 532. The Morgan fingerprint density at radius 2 is 2.19 bits per heavy atom. The highest BCUT2D eigenvalue weighted by molar-refractivity contribution is 5.56. The summed E-state index contributed by atoms with van der Waals surface area (Å²) in [7, 11) is 1.87. The van der Waals surface area contributed by atoms with E-state index in [0.717, 1.165) is 26.1 Å². The van der Waals surface area contributed by atoms with Crippen LogP contribution < -0.4 is 10.2 Å². The summed E-state index contributed by atoms with van der Waals surface area (Å²) >= 11 is 0. The highest BCUT2D eigenvalue weighted by Crippen LogP contribution is 2.35. The lowest BCUT2D eigenvalue weighted by atomic mass is 10.2. The maximum absolute atomic E-state index is 11.3. The van der Waals surface area contributed by atoms with E-state index < -0.39 is 0 Å². The van der Waals surface area contributed by atoms with Crippen LogP contribution in [0.3, 0.4) is 0 Å². The Hall–Kier alpha value is -1.63. The van der Waals surface area contributed by atoms with Gasteiger partial charge in [-0.05, 0) is 48.1 Å². The van der Waals surface area contributed by atoms with Crippen molar-refractivity contribution in [2.45, 2.75) is 38.6 Å². The van der Waals surface area contributed by atoms with Gasteiger partial charge in [0.25, 0.3) is 0 Å². The number of imidazole rings is 1. The molecule has 3 rings (SSSR count). The number of aromatic nitrogens is 2. The molecule has 116 valence electrons. The molecule has 1 aromatic heterocycles. The third-order valence-corrected chi connectivity index (χ3v) is 4.52. The Morgan fingerprint density at radius 1 is 1.43 bits per heavy atom. The zero-order chi connectivity index (χ0) is 15.0. The van der Waals surface area contributed by atoms with Crippen LogP contribution in [0.4, 0.5) is 11.6 Å². The van der Waals surface area contributed by atoms with Gasteiger partial charge in [0.15, 0.2) is 0 Å². The quantitative estimate of drug-likeness (QED) is 0.637. The van der Waals surface area contributed by atoms with Crippen LogP contribution in [0.2, 0.25) is 0 Å². The van der Waals surface area contributed by atoms with Crippen molar-refractivity contribution in [3.8, 4) is 0 Å². The van der Waals surface area contributed by atoms with Crippen molar-refractivity contribution < 1.29 is 4.92 Å². The van der Waals surface area contributed by atoms with Crippen LogP contribution in [0.1, 0.15) is 31.5 Å². The van der Waals surface area contributed by atoms with Crippen LogP contribution in [-0.2, 0) is 7.05 Å². The van der Waals surface area contributed by atoms with Crippen molar-refractivity contribution in [1.82, 2.24) is 14.9 Å². The lowest BCUT2D eigenvalue weighted by Crippen LogP contribution is -2.39. The van der Waals surface area contributed by atoms with Gasteiger partial charge in [-0.15, -0.1) is 0 Å². The van der Waals surface area contributed by atoms with E-state index >= 15 is 0 Å². The van der Waals surface area contributed by atoms with Gasteiger partial charge in [0.1, 0.15) is 0 Å². The highest BCUT2D eigenvalue weighted by Gasteiger charge is 2.33. The molecule has 0 bridgehead atoms. The second kappa shape index (κ2) is 5.63. The Labute approximate surface area is 124 Å². The van der Waals surface area contributed by atoms with E-state index in [4.69, 9.17) is 0 Å². The highest BCUT2D eigenvalue weighted by atomic mass is 16.6. The van der Waals surface area contributed by atoms with E-state index in [1.165, 1.54) is 19.3 Å². The fourth-order valence-corrected chi connectivity index (χ4v) is 3.10. The van der Waals surface area contributed by atoms with Gasteiger partial charge < -0.3 is 20.3 Å². The maximum atomic E-state index is 11.3. The normalized spacial score (nSPS) is 21.7. The lowest BCUT2D eigenvalue weighted by Gasteiger charge is -2.27. The Morgan fingerprint density at radius 3 is 2.76 bits per heavy atom. The number of hydrogen-bond donors (Lipinski definition) is 1. The Balaban J connectivity index is 1.88. The summed E-state index contributed by atoms with van der Waals surface area (Å²) in [5.74, 6) is 2.03. The predicted octanol–water partition coefficient (Wildman–Crippen LogP) is 1.61. The maximum Gasteiger partial charge on any atom is 0.406 e. The molecule has 1 aromatic rings. The molecule has 1 N–H and O–H groups in total. The molecule has 0 radical (unpaired) electrons. The molecule has 0 amide bonds. The van der Waals surface area contributed by atoms with Gasteiger partial charge in [0.05, 0.1) is 0 Å². The van der Waals surface area contributed by atoms with Crippen LogP contribution in [0.5, 0.6) is 0 Å². The van der Waals surface area contributed by atoms with Crippen molar-refractivity contribution in [3.05, 3.63) is 15.9 Å². The van der Waals surface area contributed by atoms with Crippen molar-refractivity contribution >= 4 is 11.6 Å². The largest absolute Gasteiger partial charge is 0.406 e. The first-order chi connectivity index (χ1) is 10.1. The summed E-state index contributed by atoms with van der Waals surface area (Å²) < 4.78 is 1.86. The van der Waals surface area contributed by atoms with Crippen LogP contribution in [0, 0.1) is 23.0 Å². The number of aryl methyl sites for hydroxylation is 1. The van der Waals surface area contributed by atoms with E-state index in [-0.39, 0.29) is 10.7 Å². The molecule has 1 unspecified atom stereocenters. The molecule has 0 spiro atoms. The molecule has 1 saturated carbocycles. The van der Waals surface area contributed by atoms with E-state index in [1.54, 1.807) is 0 Å². The zero-order valence-corrected chi connectivity index (χ0v) is 12.7. The molecular formula is C14H23N5O2. The van der Waals surface area contributed by atoms with E-state index in [1.807, 2.05) is 18.5 Å². The fourth-order valence-electron chi connectivity index (χ4n) is 3.10. The molecule has 2 fully saturated rings. The number of anilines is 1. The minimum Gasteiger partial charge on any atom is -0.358 e. The fraction of sp³-hybridized carbons (Fsp3) is 0.786. The standard InChI is InChI=1S/C14H23N5O2/c1-10-16-13(19(20)21)14(17(10)2)18(8-11-5-6-11)9-12-4-3-7-15-12/h11-12,15H,3-9H2,1-2H3. The van der Waals surface area contributed by atoms with Gasteiger partial charge >= 0.3 is 5.82 Å². The molecular weight excluding hydrogens is 270 g/mol. The van der Waals surface area contributed by atoms with Gasteiger partial charge in [0, 0.05) is 33.1 Å². The van der Waals surface area contributed by atoms with Gasteiger partial charge in [-0.2, -0.15) is 0 Å². The number of rotatable bonds is 6. The van der Waals surface area contributed by atoms with Crippen molar-refractivity contribution in [3.63, 3.8) is 0 Å². The molecule has 1 saturated heterocycles. The zero-order valence-electron chi connectivity index (χ0n) is 12.7. The topological polar surface area (TPSA) is 76.2 Å². The van der Waals surface area contributed by atoms with E-state index in [9.17, 15) is 10.1 Å². The first kappa shape index (κ1) is 14.3. The summed E-state index contributed by atoms with van der Waals surface area (Å²) in [5, 5.41) is 14.8. The van der Waals surface area contributed by atoms with Gasteiger partial charge in [0.2, 0.25) is 11.6 Å². The number of nitrogens with zero attached hydrogens (tertiary/aromatic N) is 4. The van der Waals surface area contributed by atoms with Crippen LogP contribution in [0.25, 0.3) is 0 Å². The second-order valence-electron chi connectivity index (χ2n) is 6.26. The molecule has 1 atom stereocenters.